The number of carboxylic acid groups (broad SMARTS) is 1. The molecule has 0 saturated carbocycles. The Labute approximate surface area is 116 Å². The molecule has 0 atom stereocenters. The topological polar surface area (TPSA) is 75.6 Å². The van der Waals surface area contributed by atoms with Gasteiger partial charge in [0.25, 0.3) is 5.91 Å². The van der Waals surface area contributed by atoms with Crippen LogP contribution >= 0.6 is 11.6 Å². The van der Waals surface area contributed by atoms with E-state index in [1.807, 2.05) is 6.92 Å². The second kappa shape index (κ2) is 7.63. The van der Waals surface area contributed by atoms with Gasteiger partial charge in [0, 0.05) is 18.0 Å². The molecule has 0 spiro atoms. The molecule has 1 aromatic carbocycles. The summed E-state index contributed by atoms with van der Waals surface area (Å²) in [5, 5.41) is 11.6. The molecule has 0 saturated heterocycles. The average molecular weight is 286 g/mol. The first-order chi connectivity index (χ1) is 9.04. The van der Waals surface area contributed by atoms with Crippen molar-refractivity contribution in [2.45, 2.75) is 19.8 Å². The molecule has 104 valence electrons. The van der Waals surface area contributed by atoms with E-state index in [9.17, 15) is 9.59 Å². The fourth-order valence-electron chi connectivity index (χ4n) is 1.50. The monoisotopic (exact) mass is 285 g/mol. The van der Waals surface area contributed by atoms with Crippen LogP contribution in [0.2, 0.25) is 5.02 Å². The summed E-state index contributed by atoms with van der Waals surface area (Å²) in [6.45, 7) is 2.55. The number of carboxylic acids is 1. The van der Waals surface area contributed by atoms with E-state index >= 15 is 0 Å². The fourth-order valence-corrected chi connectivity index (χ4v) is 1.66. The SMILES string of the molecule is CCOc1cc(Cl)ccc1C(=O)NCCCC(=O)O. The average Bonchev–Trinajstić information content (AvgIpc) is 2.35. The van der Waals surface area contributed by atoms with Crippen molar-refractivity contribution in [3.63, 3.8) is 0 Å². The highest BCUT2D eigenvalue weighted by Crippen LogP contribution is 2.23. The first-order valence-corrected chi connectivity index (χ1v) is 6.34. The molecule has 5 nitrogen and oxygen atoms in total. The molecule has 0 fully saturated rings. The predicted molar refractivity (Wildman–Crippen MR) is 71.8 cm³/mol. The van der Waals surface area contributed by atoms with Gasteiger partial charge in [-0.2, -0.15) is 0 Å². The van der Waals surface area contributed by atoms with Crippen LogP contribution in [-0.4, -0.2) is 30.1 Å². The lowest BCUT2D eigenvalue weighted by molar-refractivity contribution is -0.137. The van der Waals surface area contributed by atoms with Crippen LogP contribution in [0.3, 0.4) is 0 Å². The summed E-state index contributed by atoms with van der Waals surface area (Å²) in [6, 6.07) is 4.77. The predicted octanol–water partition coefficient (Wildman–Crippen LogP) is 2.33. The molecule has 19 heavy (non-hydrogen) atoms. The molecule has 0 aliphatic carbocycles. The largest absolute Gasteiger partial charge is 0.493 e. The summed E-state index contributed by atoms with van der Waals surface area (Å²) in [5.74, 6) is -0.757. The minimum absolute atomic E-state index is 0.0270. The van der Waals surface area contributed by atoms with E-state index in [1.54, 1.807) is 18.2 Å². The molecule has 0 bridgehead atoms. The Morgan fingerprint density at radius 2 is 2.16 bits per heavy atom. The van der Waals surface area contributed by atoms with Gasteiger partial charge < -0.3 is 15.2 Å². The van der Waals surface area contributed by atoms with Crippen molar-refractivity contribution in [1.29, 1.82) is 0 Å². The number of nitrogens with one attached hydrogen (secondary N) is 1. The Morgan fingerprint density at radius 3 is 2.79 bits per heavy atom. The lowest BCUT2D eigenvalue weighted by Gasteiger charge is -2.10. The van der Waals surface area contributed by atoms with Gasteiger partial charge in [0.05, 0.1) is 12.2 Å². The zero-order chi connectivity index (χ0) is 14.3. The van der Waals surface area contributed by atoms with Gasteiger partial charge >= 0.3 is 5.97 Å². The molecular weight excluding hydrogens is 270 g/mol. The second-order valence-electron chi connectivity index (χ2n) is 3.83. The van der Waals surface area contributed by atoms with Crippen LogP contribution in [0.1, 0.15) is 30.1 Å². The maximum atomic E-state index is 11.9. The molecular formula is C13H16ClNO4. The van der Waals surface area contributed by atoms with Gasteiger partial charge in [0.15, 0.2) is 0 Å². The minimum atomic E-state index is -0.879. The lowest BCUT2D eigenvalue weighted by Crippen LogP contribution is -2.25. The number of amides is 1. The molecule has 0 aromatic heterocycles. The number of halogens is 1. The molecule has 0 radical (unpaired) electrons. The van der Waals surface area contributed by atoms with E-state index in [4.69, 9.17) is 21.4 Å². The van der Waals surface area contributed by atoms with E-state index in [0.29, 0.717) is 35.9 Å². The smallest absolute Gasteiger partial charge is 0.303 e. The number of carbonyl (C=O) groups is 2. The first kappa shape index (κ1) is 15.3. The van der Waals surface area contributed by atoms with Crippen LogP contribution in [0.4, 0.5) is 0 Å². The number of benzene rings is 1. The molecule has 0 aliphatic rings. The van der Waals surface area contributed by atoms with Crippen LogP contribution in [-0.2, 0) is 4.79 Å². The Bertz CT molecular complexity index is 462. The van der Waals surface area contributed by atoms with Crippen molar-refractivity contribution in [3.05, 3.63) is 28.8 Å². The molecule has 1 amide bonds. The molecule has 1 rings (SSSR count). The maximum absolute atomic E-state index is 11.9. The van der Waals surface area contributed by atoms with E-state index in [1.165, 1.54) is 0 Å². The van der Waals surface area contributed by atoms with Crippen molar-refractivity contribution in [2.24, 2.45) is 0 Å². The molecule has 6 heteroatoms. The third-order valence-corrected chi connectivity index (χ3v) is 2.58. The van der Waals surface area contributed by atoms with Crippen LogP contribution in [0.5, 0.6) is 5.75 Å². The number of carbonyl (C=O) groups excluding carboxylic acids is 1. The number of rotatable bonds is 7. The second-order valence-corrected chi connectivity index (χ2v) is 4.26. The zero-order valence-corrected chi connectivity index (χ0v) is 11.4. The van der Waals surface area contributed by atoms with Gasteiger partial charge in [0.1, 0.15) is 5.75 Å². The number of aliphatic carboxylic acids is 1. The van der Waals surface area contributed by atoms with Gasteiger partial charge in [-0.1, -0.05) is 11.6 Å². The van der Waals surface area contributed by atoms with Crippen LogP contribution in [0, 0.1) is 0 Å². The Hall–Kier alpha value is -1.75. The molecule has 1 aromatic rings. The molecule has 2 N–H and O–H groups in total. The van der Waals surface area contributed by atoms with E-state index in [2.05, 4.69) is 5.32 Å². The van der Waals surface area contributed by atoms with Crippen LogP contribution < -0.4 is 10.1 Å². The Kier molecular flexibility index (Phi) is 6.15. The third-order valence-electron chi connectivity index (χ3n) is 2.34. The maximum Gasteiger partial charge on any atom is 0.303 e. The van der Waals surface area contributed by atoms with Crippen molar-refractivity contribution in [1.82, 2.24) is 5.32 Å². The number of ether oxygens (including phenoxy) is 1. The molecule has 0 heterocycles. The number of hydrogen-bond donors (Lipinski definition) is 2. The summed E-state index contributed by atoms with van der Waals surface area (Å²) >= 11 is 5.84. The fraction of sp³-hybridized carbons (Fsp3) is 0.385. The van der Waals surface area contributed by atoms with Crippen LogP contribution in [0.15, 0.2) is 18.2 Å². The van der Waals surface area contributed by atoms with Crippen molar-refractivity contribution >= 4 is 23.5 Å². The van der Waals surface area contributed by atoms with E-state index < -0.39 is 5.97 Å². The zero-order valence-electron chi connectivity index (χ0n) is 10.6. The molecule has 0 aliphatic heterocycles. The summed E-state index contributed by atoms with van der Waals surface area (Å²) in [7, 11) is 0. The van der Waals surface area contributed by atoms with Crippen molar-refractivity contribution < 1.29 is 19.4 Å². The van der Waals surface area contributed by atoms with Crippen molar-refractivity contribution in [2.75, 3.05) is 13.2 Å². The number of hydrogen-bond acceptors (Lipinski definition) is 3. The van der Waals surface area contributed by atoms with Gasteiger partial charge in [0.2, 0.25) is 0 Å². The summed E-state index contributed by atoms with van der Waals surface area (Å²) in [4.78, 5) is 22.3. The van der Waals surface area contributed by atoms with Gasteiger partial charge in [-0.3, -0.25) is 9.59 Å². The van der Waals surface area contributed by atoms with Crippen molar-refractivity contribution in [3.8, 4) is 5.75 Å². The minimum Gasteiger partial charge on any atom is -0.493 e. The molecule has 0 unspecified atom stereocenters. The van der Waals surface area contributed by atoms with Gasteiger partial charge in [-0.25, -0.2) is 0 Å². The normalized spacial score (nSPS) is 10.0. The highest BCUT2D eigenvalue weighted by Gasteiger charge is 2.12. The first-order valence-electron chi connectivity index (χ1n) is 5.97. The highest BCUT2D eigenvalue weighted by atomic mass is 35.5. The Morgan fingerprint density at radius 1 is 1.42 bits per heavy atom. The van der Waals surface area contributed by atoms with E-state index in [-0.39, 0.29) is 12.3 Å². The van der Waals surface area contributed by atoms with Gasteiger partial charge in [-0.15, -0.1) is 0 Å². The Balaban J connectivity index is 2.63. The third kappa shape index (κ3) is 5.18. The highest BCUT2D eigenvalue weighted by molar-refractivity contribution is 6.30. The van der Waals surface area contributed by atoms with Gasteiger partial charge in [-0.05, 0) is 31.5 Å². The summed E-state index contributed by atoms with van der Waals surface area (Å²) in [6.07, 6.45) is 0.415. The quantitative estimate of drug-likeness (QED) is 0.754. The standard InChI is InChI=1S/C13H16ClNO4/c1-2-19-11-8-9(14)5-6-10(11)13(18)15-7-3-4-12(16)17/h5-6,8H,2-4,7H2,1H3,(H,15,18)(H,16,17). The van der Waals surface area contributed by atoms with E-state index in [0.717, 1.165) is 0 Å². The van der Waals surface area contributed by atoms with Crippen LogP contribution in [0.25, 0.3) is 0 Å². The summed E-state index contributed by atoms with van der Waals surface area (Å²) < 4.78 is 5.34. The summed E-state index contributed by atoms with van der Waals surface area (Å²) in [5.41, 5.74) is 0.390. The lowest BCUT2D eigenvalue weighted by atomic mass is 10.2.